The van der Waals surface area contributed by atoms with Crippen molar-refractivity contribution >= 4 is 17.8 Å². The number of hydrogen-bond acceptors (Lipinski definition) is 4. The molecule has 0 radical (unpaired) electrons. The summed E-state index contributed by atoms with van der Waals surface area (Å²) in [5, 5.41) is 10.9. The molecule has 1 atom stereocenters. The molecular formula is C12H12F2N2O5. The van der Waals surface area contributed by atoms with Crippen LogP contribution in [0.15, 0.2) is 24.3 Å². The number of carboxylic acid groups (broad SMARTS) is 1. The van der Waals surface area contributed by atoms with Crippen LogP contribution in [-0.4, -0.2) is 35.5 Å². The van der Waals surface area contributed by atoms with Gasteiger partial charge in [-0.3, -0.25) is 9.59 Å². The number of benzene rings is 1. The van der Waals surface area contributed by atoms with Gasteiger partial charge in [-0.2, -0.15) is 8.78 Å². The van der Waals surface area contributed by atoms with Gasteiger partial charge in [0.2, 0.25) is 5.91 Å². The first kappa shape index (κ1) is 16.3. The van der Waals surface area contributed by atoms with Gasteiger partial charge in [0, 0.05) is 0 Å². The minimum absolute atomic E-state index is 0.284. The Hall–Kier alpha value is -2.71. The molecule has 0 unspecified atom stereocenters. The topological polar surface area (TPSA) is 119 Å². The number of ether oxygens (including phenoxy) is 1. The number of hydrogen-bond donors (Lipinski definition) is 3. The maximum Gasteiger partial charge on any atom is 0.387 e. The van der Waals surface area contributed by atoms with Gasteiger partial charge in [-0.05, 0) is 12.1 Å². The first-order chi connectivity index (χ1) is 9.81. The Kier molecular flexibility index (Phi) is 5.58. The molecular weight excluding hydrogens is 290 g/mol. The molecule has 0 bridgehead atoms. The van der Waals surface area contributed by atoms with Crippen LogP contribution in [0.2, 0.25) is 0 Å². The van der Waals surface area contributed by atoms with Gasteiger partial charge >= 0.3 is 12.6 Å². The van der Waals surface area contributed by atoms with Crippen LogP contribution in [-0.2, 0) is 9.59 Å². The van der Waals surface area contributed by atoms with Crippen LogP contribution < -0.4 is 15.8 Å². The van der Waals surface area contributed by atoms with Gasteiger partial charge in [-0.25, -0.2) is 4.79 Å². The van der Waals surface area contributed by atoms with Gasteiger partial charge < -0.3 is 20.9 Å². The van der Waals surface area contributed by atoms with Gasteiger partial charge in [-0.15, -0.1) is 0 Å². The second kappa shape index (κ2) is 7.17. The monoisotopic (exact) mass is 302 g/mol. The molecule has 1 aromatic carbocycles. The number of aliphatic carboxylic acids is 1. The Bertz CT molecular complexity index is 550. The van der Waals surface area contributed by atoms with Crippen LogP contribution in [0.25, 0.3) is 0 Å². The van der Waals surface area contributed by atoms with E-state index in [1.807, 2.05) is 5.32 Å². The zero-order valence-electron chi connectivity index (χ0n) is 10.6. The molecule has 114 valence electrons. The molecule has 0 aliphatic heterocycles. The van der Waals surface area contributed by atoms with Crippen molar-refractivity contribution in [1.29, 1.82) is 0 Å². The number of carboxylic acids is 1. The van der Waals surface area contributed by atoms with E-state index in [4.69, 9.17) is 10.8 Å². The Labute approximate surface area is 117 Å². The number of nitrogens with one attached hydrogen (secondary N) is 1. The van der Waals surface area contributed by atoms with Crippen molar-refractivity contribution in [2.75, 3.05) is 0 Å². The zero-order valence-corrected chi connectivity index (χ0v) is 10.6. The Balaban J connectivity index is 2.92. The van der Waals surface area contributed by atoms with Gasteiger partial charge in [0.05, 0.1) is 12.0 Å². The summed E-state index contributed by atoms with van der Waals surface area (Å²) in [5.74, 6) is -3.79. The number of halogens is 2. The number of nitrogens with two attached hydrogens (primary N) is 1. The highest BCUT2D eigenvalue weighted by Gasteiger charge is 2.24. The van der Waals surface area contributed by atoms with E-state index in [1.54, 1.807) is 0 Å². The third kappa shape index (κ3) is 5.05. The number of carbonyl (C=O) groups excluding carboxylic acids is 2. The fourth-order valence-corrected chi connectivity index (χ4v) is 1.49. The molecule has 21 heavy (non-hydrogen) atoms. The van der Waals surface area contributed by atoms with Crippen molar-refractivity contribution in [1.82, 2.24) is 5.32 Å². The van der Waals surface area contributed by atoms with E-state index in [-0.39, 0.29) is 5.56 Å². The van der Waals surface area contributed by atoms with E-state index in [9.17, 15) is 23.2 Å². The minimum Gasteiger partial charge on any atom is -0.480 e. The summed E-state index contributed by atoms with van der Waals surface area (Å²) in [6.07, 6.45) is -0.626. The maximum absolute atomic E-state index is 12.2. The number of rotatable bonds is 7. The lowest BCUT2D eigenvalue weighted by Crippen LogP contribution is -2.43. The molecule has 9 heteroatoms. The Morgan fingerprint density at radius 2 is 1.90 bits per heavy atom. The number of para-hydroxylation sites is 1. The number of primary amides is 1. The van der Waals surface area contributed by atoms with E-state index >= 15 is 0 Å². The second-order valence-electron chi connectivity index (χ2n) is 3.91. The first-order valence-corrected chi connectivity index (χ1v) is 5.67. The van der Waals surface area contributed by atoms with Crippen LogP contribution in [0.1, 0.15) is 16.8 Å². The van der Waals surface area contributed by atoms with Crippen LogP contribution in [0.4, 0.5) is 8.78 Å². The average Bonchev–Trinajstić information content (AvgIpc) is 2.37. The van der Waals surface area contributed by atoms with Crippen LogP contribution in [0.5, 0.6) is 5.75 Å². The predicted octanol–water partition coefficient (Wildman–Crippen LogP) is 0.346. The smallest absolute Gasteiger partial charge is 0.387 e. The molecule has 0 aliphatic carbocycles. The lowest BCUT2D eigenvalue weighted by atomic mass is 10.1. The predicted molar refractivity (Wildman–Crippen MR) is 65.8 cm³/mol. The summed E-state index contributed by atoms with van der Waals surface area (Å²) in [5.41, 5.74) is 4.58. The highest BCUT2D eigenvalue weighted by molar-refractivity contribution is 5.99. The minimum atomic E-state index is -3.14. The van der Waals surface area contributed by atoms with Crippen molar-refractivity contribution in [2.45, 2.75) is 19.1 Å². The second-order valence-corrected chi connectivity index (χ2v) is 3.91. The zero-order chi connectivity index (χ0) is 16.0. The van der Waals surface area contributed by atoms with E-state index in [1.165, 1.54) is 18.2 Å². The summed E-state index contributed by atoms with van der Waals surface area (Å²) in [7, 11) is 0. The van der Waals surface area contributed by atoms with E-state index in [0.717, 1.165) is 6.07 Å². The van der Waals surface area contributed by atoms with Crippen LogP contribution >= 0.6 is 0 Å². The molecule has 0 aromatic heterocycles. The molecule has 1 aromatic rings. The number of alkyl halides is 2. The molecule has 0 spiro atoms. The van der Waals surface area contributed by atoms with E-state index in [2.05, 4.69) is 4.74 Å². The van der Waals surface area contributed by atoms with E-state index in [0.29, 0.717) is 0 Å². The lowest BCUT2D eigenvalue weighted by Gasteiger charge is -2.15. The van der Waals surface area contributed by atoms with Crippen molar-refractivity contribution in [2.24, 2.45) is 5.73 Å². The molecule has 0 fully saturated rings. The highest BCUT2D eigenvalue weighted by atomic mass is 19.3. The molecule has 7 nitrogen and oxygen atoms in total. The van der Waals surface area contributed by atoms with Crippen molar-refractivity contribution in [3.05, 3.63) is 29.8 Å². The van der Waals surface area contributed by atoms with Gasteiger partial charge in [-0.1, -0.05) is 12.1 Å². The Morgan fingerprint density at radius 1 is 1.29 bits per heavy atom. The molecule has 1 rings (SSSR count). The van der Waals surface area contributed by atoms with Gasteiger partial charge in [0.15, 0.2) is 0 Å². The molecule has 0 aliphatic rings. The fraction of sp³-hybridized carbons (Fsp3) is 0.250. The summed E-state index contributed by atoms with van der Waals surface area (Å²) in [4.78, 5) is 33.5. The third-order valence-electron chi connectivity index (χ3n) is 2.36. The molecule has 4 N–H and O–H groups in total. The molecule has 0 saturated carbocycles. The summed E-state index contributed by atoms with van der Waals surface area (Å²) < 4.78 is 28.6. The fourth-order valence-electron chi connectivity index (χ4n) is 1.49. The normalized spacial score (nSPS) is 11.8. The quantitative estimate of drug-likeness (QED) is 0.671. The SMILES string of the molecule is NC(=O)C[C@H](NC(=O)c1ccccc1OC(F)F)C(=O)O. The highest BCUT2D eigenvalue weighted by Crippen LogP contribution is 2.20. The molecule has 2 amide bonds. The third-order valence-corrected chi connectivity index (χ3v) is 2.36. The van der Waals surface area contributed by atoms with Gasteiger partial charge in [0.25, 0.3) is 5.91 Å². The first-order valence-electron chi connectivity index (χ1n) is 5.67. The largest absolute Gasteiger partial charge is 0.480 e. The van der Waals surface area contributed by atoms with Crippen molar-refractivity contribution < 1.29 is 33.0 Å². The molecule has 0 heterocycles. The van der Waals surface area contributed by atoms with Crippen LogP contribution in [0.3, 0.4) is 0 Å². The standard InChI is InChI=1S/C12H12F2N2O5/c13-12(14)21-8-4-2-1-3-6(8)10(18)16-7(11(19)20)5-9(15)17/h1-4,7,12H,5H2,(H2,15,17)(H,16,18)(H,19,20)/t7-/m0/s1. The number of carbonyl (C=O) groups is 3. The summed E-state index contributed by atoms with van der Waals surface area (Å²) in [6, 6.07) is 3.50. The van der Waals surface area contributed by atoms with Crippen molar-refractivity contribution in [3.8, 4) is 5.75 Å². The Morgan fingerprint density at radius 3 is 2.43 bits per heavy atom. The summed E-state index contributed by atoms with van der Waals surface area (Å²) >= 11 is 0. The van der Waals surface area contributed by atoms with Crippen LogP contribution in [0, 0.1) is 0 Å². The van der Waals surface area contributed by atoms with Gasteiger partial charge in [0.1, 0.15) is 11.8 Å². The summed E-state index contributed by atoms with van der Waals surface area (Å²) in [6.45, 7) is -3.14. The maximum atomic E-state index is 12.2. The number of amides is 2. The van der Waals surface area contributed by atoms with E-state index < -0.39 is 42.6 Å². The van der Waals surface area contributed by atoms with Crippen molar-refractivity contribution in [3.63, 3.8) is 0 Å². The average molecular weight is 302 g/mol. The lowest BCUT2D eigenvalue weighted by molar-refractivity contribution is -0.140. The molecule has 0 saturated heterocycles.